The van der Waals surface area contributed by atoms with Crippen LogP contribution in [0.4, 0.5) is 0 Å². The molecule has 1 aromatic heterocycles. The number of nitrogens with one attached hydrogen (secondary N) is 1. The lowest BCUT2D eigenvalue weighted by Crippen LogP contribution is -2.45. The molecule has 0 aliphatic heterocycles. The van der Waals surface area contributed by atoms with Crippen molar-refractivity contribution in [2.24, 2.45) is 5.73 Å². The van der Waals surface area contributed by atoms with Crippen molar-refractivity contribution >= 4 is 5.91 Å². The van der Waals surface area contributed by atoms with Gasteiger partial charge in [0.2, 0.25) is 5.91 Å². The fourth-order valence-electron chi connectivity index (χ4n) is 4.23. The van der Waals surface area contributed by atoms with E-state index in [1.165, 1.54) is 18.4 Å². The Balaban J connectivity index is 1.26. The smallest absolute Gasteiger partial charge is 0.257 e. The average molecular weight is 388 g/mol. The zero-order chi connectivity index (χ0) is 19.8. The minimum Gasteiger partial charge on any atom is -0.366 e. The van der Waals surface area contributed by atoms with E-state index in [4.69, 9.17) is 15.2 Å². The lowest BCUT2D eigenvalue weighted by Gasteiger charge is -2.39. The summed E-state index contributed by atoms with van der Waals surface area (Å²) >= 11 is 0. The van der Waals surface area contributed by atoms with E-state index in [0.29, 0.717) is 23.4 Å². The third kappa shape index (κ3) is 3.44. The molecule has 2 saturated carbocycles. The second-order valence-corrected chi connectivity index (χ2v) is 8.24. The van der Waals surface area contributed by atoms with E-state index < -0.39 is 5.91 Å². The van der Waals surface area contributed by atoms with Gasteiger partial charge in [-0.3, -0.25) is 4.79 Å². The number of aromatic nitrogens is 2. The molecule has 29 heavy (non-hydrogen) atoms. The van der Waals surface area contributed by atoms with Crippen molar-refractivity contribution in [3.05, 3.63) is 71.5 Å². The molecular weight excluding hydrogens is 364 g/mol. The first-order chi connectivity index (χ1) is 14.1. The lowest BCUT2D eigenvalue weighted by molar-refractivity contribution is 0.100. The van der Waals surface area contributed by atoms with E-state index in [2.05, 4.69) is 40.8 Å². The monoisotopic (exact) mass is 388 g/mol. The van der Waals surface area contributed by atoms with Crippen LogP contribution in [0.2, 0.25) is 0 Å². The number of rotatable bonds is 7. The van der Waals surface area contributed by atoms with Crippen LogP contribution < -0.4 is 11.1 Å². The summed E-state index contributed by atoms with van der Waals surface area (Å²) in [5.74, 6) is 1.42. The van der Waals surface area contributed by atoms with E-state index in [1.54, 1.807) is 24.3 Å². The lowest BCUT2D eigenvalue weighted by atomic mass is 9.68. The summed E-state index contributed by atoms with van der Waals surface area (Å²) in [6.07, 6.45) is 4.51. The van der Waals surface area contributed by atoms with Crippen LogP contribution in [-0.4, -0.2) is 28.6 Å². The van der Waals surface area contributed by atoms with Gasteiger partial charge in [0.25, 0.3) is 5.89 Å². The van der Waals surface area contributed by atoms with E-state index in [-0.39, 0.29) is 5.41 Å². The van der Waals surface area contributed by atoms with E-state index in [0.717, 1.165) is 30.8 Å². The minimum absolute atomic E-state index is 0.0429. The van der Waals surface area contributed by atoms with Crippen LogP contribution >= 0.6 is 0 Å². The van der Waals surface area contributed by atoms with Crippen molar-refractivity contribution in [3.8, 4) is 11.5 Å². The number of benzene rings is 2. The molecule has 2 aromatic carbocycles. The Hall–Kier alpha value is -2.99. The average Bonchev–Trinajstić information content (AvgIpc) is 3.33. The van der Waals surface area contributed by atoms with Crippen molar-refractivity contribution in [2.75, 3.05) is 6.54 Å². The van der Waals surface area contributed by atoms with Gasteiger partial charge >= 0.3 is 0 Å². The molecule has 0 radical (unpaired) electrons. The van der Waals surface area contributed by atoms with Crippen LogP contribution in [0.15, 0.2) is 59.1 Å². The zero-order valence-corrected chi connectivity index (χ0v) is 16.2. The maximum absolute atomic E-state index is 11.2. The standard InChI is InChI=1S/C23H24N4O2/c24-20(28)16-7-9-17(10-8-16)21-26-22(27-29-21)23(11-4-12-23)14-25-19-13-18(19)15-5-2-1-3-6-15/h1-3,5-10,18-19,25H,4,11-14H2,(H2,24,28)/t18?,19-/m0/s1. The summed E-state index contributed by atoms with van der Waals surface area (Å²) in [6, 6.07) is 18.2. The first-order valence-electron chi connectivity index (χ1n) is 10.2. The molecule has 0 bridgehead atoms. The van der Waals surface area contributed by atoms with Gasteiger partial charge in [0, 0.05) is 35.0 Å². The van der Waals surface area contributed by atoms with Crippen LogP contribution in [0.25, 0.3) is 11.5 Å². The van der Waals surface area contributed by atoms with Gasteiger partial charge in [-0.05, 0) is 49.1 Å². The summed E-state index contributed by atoms with van der Waals surface area (Å²) in [7, 11) is 0. The molecule has 6 heteroatoms. The number of nitrogens with two attached hydrogens (primary N) is 1. The normalized spacial score (nSPS) is 22.1. The number of primary amides is 1. The van der Waals surface area contributed by atoms with Gasteiger partial charge < -0.3 is 15.6 Å². The SMILES string of the molecule is NC(=O)c1ccc(-c2nc(C3(CN[C@H]4CC4c4ccccc4)CCC3)no2)cc1. The van der Waals surface area contributed by atoms with Crippen LogP contribution in [0.3, 0.4) is 0 Å². The Morgan fingerprint density at radius 2 is 1.90 bits per heavy atom. The molecule has 0 spiro atoms. The highest BCUT2D eigenvalue weighted by Crippen LogP contribution is 2.45. The van der Waals surface area contributed by atoms with Crippen LogP contribution in [-0.2, 0) is 5.41 Å². The van der Waals surface area contributed by atoms with Gasteiger partial charge in [-0.1, -0.05) is 41.9 Å². The molecular formula is C23H24N4O2. The number of carbonyl (C=O) groups is 1. The van der Waals surface area contributed by atoms with Gasteiger partial charge in [0.15, 0.2) is 5.82 Å². The largest absolute Gasteiger partial charge is 0.366 e. The Morgan fingerprint density at radius 3 is 2.55 bits per heavy atom. The highest BCUT2D eigenvalue weighted by molar-refractivity contribution is 5.93. The highest BCUT2D eigenvalue weighted by Gasteiger charge is 2.46. The molecule has 148 valence electrons. The molecule has 1 amide bonds. The minimum atomic E-state index is -0.448. The molecule has 6 nitrogen and oxygen atoms in total. The Morgan fingerprint density at radius 1 is 1.14 bits per heavy atom. The van der Waals surface area contributed by atoms with Gasteiger partial charge in [-0.25, -0.2) is 0 Å². The predicted molar refractivity (Wildman–Crippen MR) is 109 cm³/mol. The molecule has 2 aliphatic carbocycles. The van der Waals surface area contributed by atoms with E-state index in [1.807, 2.05) is 0 Å². The predicted octanol–water partition coefficient (Wildman–Crippen LogP) is 3.40. The first kappa shape index (κ1) is 18.1. The maximum Gasteiger partial charge on any atom is 0.257 e. The molecule has 1 unspecified atom stereocenters. The van der Waals surface area contributed by atoms with Crippen molar-refractivity contribution in [2.45, 2.75) is 43.1 Å². The summed E-state index contributed by atoms with van der Waals surface area (Å²) in [5.41, 5.74) is 7.93. The van der Waals surface area contributed by atoms with E-state index in [9.17, 15) is 4.79 Å². The second-order valence-electron chi connectivity index (χ2n) is 8.24. The molecule has 2 atom stereocenters. The fraction of sp³-hybridized carbons (Fsp3) is 0.348. The third-order valence-corrected chi connectivity index (χ3v) is 6.35. The second kappa shape index (κ2) is 7.12. The Labute approximate surface area is 169 Å². The van der Waals surface area contributed by atoms with Crippen LogP contribution in [0, 0.1) is 0 Å². The van der Waals surface area contributed by atoms with Gasteiger partial charge in [-0.2, -0.15) is 4.98 Å². The number of hydrogen-bond acceptors (Lipinski definition) is 5. The molecule has 1 heterocycles. The Kier molecular flexibility index (Phi) is 4.43. The highest BCUT2D eigenvalue weighted by atomic mass is 16.5. The summed E-state index contributed by atoms with van der Waals surface area (Å²) < 4.78 is 5.54. The molecule has 3 aromatic rings. The van der Waals surface area contributed by atoms with Crippen molar-refractivity contribution in [3.63, 3.8) is 0 Å². The molecule has 3 N–H and O–H groups in total. The van der Waals surface area contributed by atoms with Gasteiger partial charge in [-0.15, -0.1) is 0 Å². The van der Waals surface area contributed by atoms with Gasteiger partial charge in [0.05, 0.1) is 0 Å². The van der Waals surface area contributed by atoms with Crippen LogP contribution in [0.1, 0.15) is 53.3 Å². The molecule has 2 aliphatic rings. The summed E-state index contributed by atoms with van der Waals surface area (Å²) in [4.78, 5) is 15.9. The summed E-state index contributed by atoms with van der Waals surface area (Å²) in [6.45, 7) is 0.876. The van der Waals surface area contributed by atoms with E-state index >= 15 is 0 Å². The number of carbonyl (C=O) groups excluding carboxylic acids is 1. The fourth-order valence-corrected chi connectivity index (χ4v) is 4.23. The Bertz CT molecular complexity index is 1010. The quantitative estimate of drug-likeness (QED) is 0.647. The van der Waals surface area contributed by atoms with Crippen molar-refractivity contribution < 1.29 is 9.32 Å². The topological polar surface area (TPSA) is 94.0 Å². The maximum atomic E-state index is 11.2. The first-order valence-corrected chi connectivity index (χ1v) is 10.2. The molecule has 5 rings (SSSR count). The van der Waals surface area contributed by atoms with Crippen molar-refractivity contribution in [1.82, 2.24) is 15.5 Å². The zero-order valence-electron chi connectivity index (χ0n) is 16.2. The third-order valence-electron chi connectivity index (χ3n) is 6.35. The van der Waals surface area contributed by atoms with Crippen LogP contribution in [0.5, 0.6) is 0 Å². The summed E-state index contributed by atoms with van der Waals surface area (Å²) in [5, 5.41) is 8.04. The number of nitrogens with zero attached hydrogens (tertiary/aromatic N) is 2. The number of amides is 1. The van der Waals surface area contributed by atoms with Gasteiger partial charge in [0.1, 0.15) is 0 Å². The van der Waals surface area contributed by atoms with Crippen molar-refractivity contribution in [1.29, 1.82) is 0 Å². The molecule has 0 saturated heterocycles. The number of hydrogen-bond donors (Lipinski definition) is 2. The molecule has 2 fully saturated rings.